The van der Waals surface area contributed by atoms with Gasteiger partial charge in [-0.15, -0.1) is 0 Å². The highest BCUT2D eigenvalue weighted by atomic mass is 16.2. The van der Waals surface area contributed by atoms with Gasteiger partial charge in [0.1, 0.15) is 0 Å². The van der Waals surface area contributed by atoms with E-state index in [4.69, 9.17) is 5.73 Å². The molecule has 106 valence electrons. The molecular weight excluding hydrogens is 224 g/mol. The van der Waals surface area contributed by atoms with Gasteiger partial charge in [-0.3, -0.25) is 4.79 Å². The topological polar surface area (TPSA) is 55.1 Å². The molecule has 1 amide bonds. The number of rotatable bonds is 5. The Morgan fingerprint density at radius 2 is 1.72 bits per heavy atom. The van der Waals surface area contributed by atoms with Gasteiger partial charge in [0.2, 0.25) is 5.91 Å². The summed E-state index contributed by atoms with van der Waals surface area (Å²) >= 11 is 0. The number of hydrogen-bond donors (Lipinski definition) is 2. The molecule has 2 atom stereocenters. The predicted octanol–water partition coefficient (Wildman–Crippen LogP) is 2.83. The monoisotopic (exact) mass is 254 g/mol. The lowest BCUT2D eigenvalue weighted by Crippen LogP contribution is -2.47. The van der Waals surface area contributed by atoms with Crippen LogP contribution in [-0.2, 0) is 4.79 Å². The lowest BCUT2D eigenvalue weighted by atomic mass is 9.92. The highest BCUT2D eigenvalue weighted by Gasteiger charge is 2.23. The molecule has 0 aromatic carbocycles. The van der Waals surface area contributed by atoms with Gasteiger partial charge in [-0.05, 0) is 38.0 Å². The van der Waals surface area contributed by atoms with Crippen LogP contribution in [0.4, 0.5) is 0 Å². The van der Waals surface area contributed by atoms with Crippen LogP contribution >= 0.6 is 0 Å². The molecule has 3 heteroatoms. The number of nitrogens with one attached hydrogen (secondary N) is 1. The third-order valence-corrected chi connectivity index (χ3v) is 4.04. The number of amides is 1. The van der Waals surface area contributed by atoms with Gasteiger partial charge in [-0.25, -0.2) is 0 Å². The zero-order valence-electron chi connectivity index (χ0n) is 12.2. The quantitative estimate of drug-likeness (QED) is 0.741. The van der Waals surface area contributed by atoms with E-state index in [-0.39, 0.29) is 18.0 Å². The average Bonchev–Trinajstić information content (AvgIpc) is 2.56. The summed E-state index contributed by atoms with van der Waals surface area (Å²) in [6.07, 6.45) is 8.59. The first-order chi connectivity index (χ1) is 8.50. The van der Waals surface area contributed by atoms with Crippen molar-refractivity contribution >= 4 is 5.91 Å². The Hall–Kier alpha value is -0.570. The molecule has 18 heavy (non-hydrogen) atoms. The molecule has 0 bridgehead atoms. The molecule has 0 saturated heterocycles. The van der Waals surface area contributed by atoms with Crippen molar-refractivity contribution in [3.05, 3.63) is 0 Å². The molecule has 1 aliphatic carbocycles. The second-order valence-electron chi connectivity index (χ2n) is 6.28. The number of hydrogen-bond acceptors (Lipinski definition) is 2. The Bertz CT molecular complexity index is 245. The van der Waals surface area contributed by atoms with E-state index in [9.17, 15) is 4.79 Å². The fourth-order valence-corrected chi connectivity index (χ4v) is 2.88. The van der Waals surface area contributed by atoms with Crippen molar-refractivity contribution in [2.75, 3.05) is 0 Å². The minimum atomic E-state index is -0.349. The van der Waals surface area contributed by atoms with Crippen LogP contribution in [0, 0.1) is 11.8 Å². The van der Waals surface area contributed by atoms with Crippen molar-refractivity contribution in [2.45, 2.75) is 77.8 Å². The van der Waals surface area contributed by atoms with E-state index < -0.39 is 0 Å². The Balaban J connectivity index is 2.37. The molecule has 1 unspecified atom stereocenters. The molecule has 3 N–H and O–H groups in total. The third kappa shape index (κ3) is 5.38. The fourth-order valence-electron chi connectivity index (χ4n) is 2.88. The van der Waals surface area contributed by atoms with Crippen LogP contribution in [0.2, 0.25) is 0 Å². The van der Waals surface area contributed by atoms with E-state index in [1.165, 1.54) is 38.5 Å². The highest BCUT2D eigenvalue weighted by Crippen LogP contribution is 2.25. The maximum absolute atomic E-state index is 12.0. The normalized spacial score (nSPS) is 21.4. The molecule has 0 heterocycles. The number of carbonyl (C=O) groups excluding carboxylic acids is 1. The largest absolute Gasteiger partial charge is 0.352 e. The van der Waals surface area contributed by atoms with Crippen molar-refractivity contribution in [1.29, 1.82) is 0 Å². The molecule has 1 saturated carbocycles. The van der Waals surface area contributed by atoms with Crippen LogP contribution in [0.1, 0.15) is 65.7 Å². The average molecular weight is 254 g/mol. The van der Waals surface area contributed by atoms with E-state index >= 15 is 0 Å². The van der Waals surface area contributed by atoms with E-state index in [1.54, 1.807) is 0 Å². The summed E-state index contributed by atoms with van der Waals surface area (Å²) in [5, 5.41) is 3.12. The minimum absolute atomic E-state index is 0.0282. The molecule has 1 fully saturated rings. The zero-order chi connectivity index (χ0) is 13.5. The van der Waals surface area contributed by atoms with E-state index in [0.717, 1.165) is 6.42 Å². The Labute approximate surface area is 112 Å². The van der Waals surface area contributed by atoms with Crippen LogP contribution in [-0.4, -0.2) is 18.0 Å². The Kier molecular flexibility index (Phi) is 6.69. The van der Waals surface area contributed by atoms with Crippen molar-refractivity contribution in [1.82, 2.24) is 5.32 Å². The molecule has 1 aliphatic rings. The number of carbonyl (C=O) groups is 1. The maximum Gasteiger partial charge on any atom is 0.237 e. The van der Waals surface area contributed by atoms with Gasteiger partial charge in [0, 0.05) is 6.04 Å². The van der Waals surface area contributed by atoms with Crippen molar-refractivity contribution in [3.8, 4) is 0 Å². The standard InChI is InChI=1S/C15H30N2O/c1-11(2)10-14(16)15(18)17-12(3)13-8-6-4-5-7-9-13/h11-14H,4-10,16H2,1-3H3,(H,17,18)/t12-,14?/m0/s1. The summed E-state index contributed by atoms with van der Waals surface area (Å²) < 4.78 is 0. The molecule has 0 aromatic heterocycles. The van der Waals surface area contributed by atoms with Gasteiger partial charge in [-0.2, -0.15) is 0 Å². The van der Waals surface area contributed by atoms with Crippen LogP contribution in [0.25, 0.3) is 0 Å². The lowest BCUT2D eigenvalue weighted by molar-refractivity contribution is -0.123. The summed E-state index contributed by atoms with van der Waals surface area (Å²) in [6.45, 7) is 6.33. The van der Waals surface area contributed by atoms with Crippen molar-refractivity contribution < 1.29 is 4.79 Å². The first-order valence-corrected chi connectivity index (χ1v) is 7.56. The summed E-state index contributed by atoms with van der Waals surface area (Å²) in [4.78, 5) is 12.0. The van der Waals surface area contributed by atoms with E-state index in [1.807, 2.05) is 0 Å². The van der Waals surface area contributed by atoms with Crippen molar-refractivity contribution in [3.63, 3.8) is 0 Å². The van der Waals surface area contributed by atoms with E-state index in [0.29, 0.717) is 11.8 Å². The van der Waals surface area contributed by atoms with Gasteiger partial charge in [0.15, 0.2) is 0 Å². The SMILES string of the molecule is CC(C)CC(N)C(=O)N[C@@H](C)C1CCCCCC1. The summed E-state index contributed by atoms with van der Waals surface area (Å²) in [5.41, 5.74) is 5.91. The second-order valence-corrected chi connectivity index (χ2v) is 6.28. The second kappa shape index (κ2) is 7.78. The van der Waals surface area contributed by atoms with Gasteiger partial charge in [0.05, 0.1) is 6.04 Å². The van der Waals surface area contributed by atoms with E-state index in [2.05, 4.69) is 26.1 Å². The Morgan fingerprint density at radius 1 is 1.17 bits per heavy atom. The van der Waals surface area contributed by atoms with Crippen LogP contribution in [0.15, 0.2) is 0 Å². The van der Waals surface area contributed by atoms with Gasteiger partial charge in [-0.1, -0.05) is 39.5 Å². The fraction of sp³-hybridized carbons (Fsp3) is 0.933. The molecular formula is C15H30N2O. The van der Waals surface area contributed by atoms with Crippen LogP contribution in [0.3, 0.4) is 0 Å². The highest BCUT2D eigenvalue weighted by molar-refractivity contribution is 5.81. The summed E-state index contributed by atoms with van der Waals surface area (Å²) in [6, 6.07) is -0.0768. The molecule has 0 aromatic rings. The first-order valence-electron chi connectivity index (χ1n) is 7.56. The number of nitrogens with two attached hydrogens (primary N) is 1. The van der Waals surface area contributed by atoms with Gasteiger partial charge >= 0.3 is 0 Å². The third-order valence-electron chi connectivity index (χ3n) is 4.04. The first kappa shape index (κ1) is 15.5. The summed E-state index contributed by atoms with van der Waals surface area (Å²) in [5.74, 6) is 1.14. The van der Waals surface area contributed by atoms with Crippen LogP contribution < -0.4 is 11.1 Å². The minimum Gasteiger partial charge on any atom is -0.352 e. The zero-order valence-corrected chi connectivity index (χ0v) is 12.2. The molecule has 0 radical (unpaired) electrons. The maximum atomic E-state index is 12.0. The smallest absolute Gasteiger partial charge is 0.237 e. The molecule has 0 spiro atoms. The Morgan fingerprint density at radius 3 is 2.22 bits per heavy atom. The van der Waals surface area contributed by atoms with Gasteiger partial charge in [0.25, 0.3) is 0 Å². The van der Waals surface area contributed by atoms with Crippen molar-refractivity contribution in [2.24, 2.45) is 17.6 Å². The molecule has 3 nitrogen and oxygen atoms in total. The summed E-state index contributed by atoms with van der Waals surface area (Å²) in [7, 11) is 0. The molecule has 0 aliphatic heterocycles. The van der Waals surface area contributed by atoms with Gasteiger partial charge < -0.3 is 11.1 Å². The predicted molar refractivity (Wildman–Crippen MR) is 76.2 cm³/mol. The van der Waals surface area contributed by atoms with Crippen LogP contribution in [0.5, 0.6) is 0 Å². The molecule has 1 rings (SSSR count). The lowest BCUT2D eigenvalue weighted by Gasteiger charge is -2.25.